The zero-order chi connectivity index (χ0) is 17.6. The number of hydrogen-bond donors (Lipinski definition) is 0. The van der Waals surface area contributed by atoms with Crippen LogP contribution < -0.4 is 4.74 Å². The number of rotatable bonds is 6. The zero-order valence-corrected chi connectivity index (χ0v) is 14.6. The molecule has 25 heavy (non-hydrogen) atoms. The normalized spacial score (nSPS) is 15.4. The molecule has 134 valence electrons. The summed E-state index contributed by atoms with van der Waals surface area (Å²) in [6, 6.07) is 7.70. The predicted molar refractivity (Wildman–Crippen MR) is 90.1 cm³/mol. The van der Waals surface area contributed by atoms with Crippen molar-refractivity contribution in [2.24, 2.45) is 0 Å². The predicted octanol–water partition coefficient (Wildman–Crippen LogP) is 2.27. The van der Waals surface area contributed by atoms with Gasteiger partial charge in [0.2, 0.25) is 0 Å². The number of piperidine rings is 1. The van der Waals surface area contributed by atoms with E-state index in [-0.39, 0.29) is 18.6 Å². The summed E-state index contributed by atoms with van der Waals surface area (Å²) in [4.78, 5) is 18.2. The van der Waals surface area contributed by atoms with Gasteiger partial charge >= 0.3 is 0 Å². The summed E-state index contributed by atoms with van der Waals surface area (Å²) in [5, 5.41) is 3.73. The molecule has 0 unspecified atom stereocenters. The van der Waals surface area contributed by atoms with E-state index in [2.05, 4.69) is 10.1 Å². The van der Waals surface area contributed by atoms with Crippen LogP contribution >= 0.6 is 0 Å². The van der Waals surface area contributed by atoms with Crippen LogP contribution in [-0.2, 0) is 16.1 Å². The van der Waals surface area contributed by atoms with Crippen molar-refractivity contribution in [3.05, 3.63) is 41.5 Å². The number of carbonyl (C=O) groups excluding carboxylic acids is 1. The number of aromatic nitrogens is 2. The van der Waals surface area contributed by atoms with Crippen LogP contribution in [0.2, 0.25) is 0 Å². The molecule has 2 aromatic rings. The summed E-state index contributed by atoms with van der Waals surface area (Å²) in [7, 11) is 0. The van der Waals surface area contributed by atoms with Crippen molar-refractivity contribution >= 4 is 5.91 Å². The first-order chi connectivity index (χ1) is 12.1. The van der Waals surface area contributed by atoms with Crippen LogP contribution in [0.3, 0.4) is 0 Å². The summed E-state index contributed by atoms with van der Waals surface area (Å²) in [5.41, 5.74) is 1.11. The van der Waals surface area contributed by atoms with Gasteiger partial charge in [0.1, 0.15) is 12.4 Å². The first kappa shape index (κ1) is 17.4. The number of aryl methyl sites for hydroxylation is 2. The highest BCUT2D eigenvalue weighted by Crippen LogP contribution is 2.17. The fourth-order valence-corrected chi connectivity index (χ4v) is 2.80. The fourth-order valence-electron chi connectivity index (χ4n) is 2.80. The second kappa shape index (κ2) is 8.11. The molecular weight excluding hydrogens is 322 g/mol. The molecule has 1 aliphatic rings. The molecule has 0 saturated carbocycles. The van der Waals surface area contributed by atoms with Crippen molar-refractivity contribution < 1.29 is 18.8 Å². The van der Waals surface area contributed by atoms with Gasteiger partial charge in [0.15, 0.2) is 12.4 Å². The number of likely N-dealkylation sites (tertiary alicyclic amines) is 1. The van der Waals surface area contributed by atoms with Crippen LogP contribution in [0.15, 0.2) is 28.8 Å². The minimum atomic E-state index is 0.00693. The zero-order valence-electron chi connectivity index (χ0n) is 14.6. The highest BCUT2D eigenvalue weighted by atomic mass is 16.5. The SMILES string of the molecule is Cc1cccc(OCC(=O)N2CCC(OCc3nc(C)no3)CC2)c1. The van der Waals surface area contributed by atoms with E-state index in [1.807, 2.05) is 36.1 Å². The average molecular weight is 345 g/mol. The largest absolute Gasteiger partial charge is 0.484 e. The molecule has 1 aromatic heterocycles. The maximum absolute atomic E-state index is 12.3. The molecule has 1 saturated heterocycles. The molecule has 0 spiro atoms. The van der Waals surface area contributed by atoms with Crippen LogP contribution in [0.25, 0.3) is 0 Å². The number of carbonyl (C=O) groups is 1. The Morgan fingerprint density at radius 2 is 2.12 bits per heavy atom. The molecule has 1 amide bonds. The van der Waals surface area contributed by atoms with Crippen molar-refractivity contribution in [1.29, 1.82) is 0 Å². The third-order valence-corrected chi connectivity index (χ3v) is 4.16. The maximum atomic E-state index is 12.3. The molecule has 0 aliphatic carbocycles. The Kier molecular flexibility index (Phi) is 5.65. The van der Waals surface area contributed by atoms with Gasteiger partial charge in [-0.25, -0.2) is 0 Å². The monoisotopic (exact) mass is 345 g/mol. The summed E-state index contributed by atoms with van der Waals surface area (Å²) < 4.78 is 16.4. The van der Waals surface area contributed by atoms with Crippen molar-refractivity contribution in [2.75, 3.05) is 19.7 Å². The fraction of sp³-hybridized carbons (Fsp3) is 0.500. The van der Waals surface area contributed by atoms with E-state index < -0.39 is 0 Å². The molecule has 0 bridgehead atoms. The average Bonchev–Trinajstić information content (AvgIpc) is 3.04. The van der Waals surface area contributed by atoms with Gasteiger partial charge in [0.25, 0.3) is 11.8 Å². The van der Waals surface area contributed by atoms with Crippen LogP contribution in [0.4, 0.5) is 0 Å². The molecule has 2 heterocycles. The Hall–Kier alpha value is -2.41. The molecule has 0 N–H and O–H groups in total. The highest BCUT2D eigenvalue weighted by Gasteiger charge is 2.24. The number of hydrogen-bond acceptors (Lipinski definition) is 6. The van der Waals surface area contributed by atoms with Gasteiger partial charge in [0.05, 0.1) is 6.10 Å². The van der Waals surface area contributed by atoms with E-state index in [0.29, 0.717) is 31.4 Å². The summed E-state index contributed by atoms with van der Waals surface area (Å²) in [6.07, 6.45) is 1.70. The van der Waals surface area contributed by atoms with Gasteiger partial charge in [-0.1, -0.05) is 17.3 Å². The van der Waals surface area contributed by atoms with Gasteiger partial charge in [-0.15, -0.1) is 0 Å². The number of amides is 1. The number of nitrogens with zero attached hydrogens (tertiary/aromatic N) is 3. The van der Waals surface area contributed by atoms with Gasteiger partial charge in [-0.3, -0.25) is 4.79 Å². The lowest BCUT2D eigenvalue weighted by molar-refractivity contribution is -0.136. The molecular formula is C18H23N3O4. The Balaban J connectivity index is 1.38. The second-order valence-corrected chi connectivity index (χ2v) is 6.23. The Bertz CT molecular complexity index is 708. The molecule has 1 aromatic carbocycles. The van der Waals surface area contributed by atoms with E-state index >= 15 is 0 Å². The van der Waals surface area contributed by atoms with Crippen LogP contribution in [0.5, 0.6) is 5.75 Å². The third kappa shape index (κ3) is 5.03. The van der Waals surface area contributed by atoms with Crippen molar-refractivity contribution in [3.8, 4) is 5.75 Å². The Labute approximate surface area is 146 Å². The lowest BCUT2D eigenvalue weighted by Gasteiger charge is -2.31. The quantitative estimate of drug-likeness (QED) is 0.799. The summed E-state index contributed by atoms with van der Waals surface area (Å²) in [5.74, 6) is 1.82. The van der Waals surface area contributed by atoms with E-state index in [9.17, 15) is 4.79 Å². The standard InChI is InChI=1S/C18H23N3O4/c1-13-4-3-5-16(10-13)24-12-18(22)21-8-6-15(7-9-21)23-11-17-19-14(2)20-25-17/h3-5,10,15H,6-9,11-12H2,1-2H3. The second-order valence-electron chi connectivity index (χ2n) is 6.23. The van der Waals surface area contributed by atoms with E-state index in [4.69, 9.17) is 14.0 Å². The summed E-state index contributed by atoms with van der Waals surface area (Å²) in [6.45, 7) is 5.49. The minimum Gasteiger partial charge on any atom is -0.484 e. The molecule has 1 aliphatic heterocycles. The maximum Gasteiger partial charge on any atom is 0.260 e. The lowest BCUT2D eigenvalue weighted by atomic mass is 10.1. The highest BCUT2D eigenvalue weighted by molar-refractivity contribution is 5.77. The molecule has 7 heteroatoms. The number of benzene rings is 1. The third-order valence-electron chi connectivity index (χ3n) is 4.16. The smallest absolute Gasteiger partial charge is 0.260 e. The van der Waals surface area contributed by atoms with Crippen LogP contribution in [0, 0.1) is 13.8 Å². The van der Waals surface area contributed by atoms with E-state index in [0.717, 1.165) is 24.2 Å². The summed E-state index contributed by atoms with van der Waals surface area (Å²) >= 11 is 0. The number of ether oxygens (including phenoxy) is 2. The van der Waals surface area contributed by atoms with Crippen molar-refractivity contribution in [3.63, 3.8) is 0 Å². The van der Waals surface area contributed by atoms with Gasteiger partial charge in [0, 0.05) is 13.1 Å². The van der Waals surface area contributed by atoms with Crippen LogP contribution in [0.1, 0.15) is 30.1 Å². The van der Waals surface area contributed by atoms with E-state index in [1.54, 1.807) is 6.92 Å². The van der Waals surface area contributed by atoms with E-state index in [1.165, 1.54) is 0 Å². The Morgan fingerprint density at radius 3 is 2.80 bits per heavy atom. The first-order valence-electron chi connectivity index (χ1n) is 8.48. The minimum absolute atomic E-state index is 0.00693. The molecule has 3 rings (SSSR count). The van der Waals surface area contributed by atoms with Gasteiger partial charge in [-0.05, 0) is 44.4 Å². The molecule has 0 radical (unpaired) electrons. The van der Waals surface area contributed by atoms with Crippen molar-refractivity contribution in [2.45, 2.75) is 39.4 Å². The van der Waals surface area contributed by atoms with Gasteiger partial charge < -0.3 is 18.9 Å². The van der Waals surface area contributed by atoms with Crippen molar-refractivity contribution in [1.82, 2.24) is 15.0 Å². The lowest BCUT2D eigenvalue weighted by Crippen LogP contribution is -2.42. The molecule has 1 fully saturated rings. The van der Waals surface area contributed by atoms with Crippen LogP contribution in [-0.4, -0.2) is 46.7 Å². The first-order valence-corrected chi connectivity index (χ1v) is 8.48. The Morgan fingerprint density at radius 1 is 1.32 bits per heavy atom. The molecule has 0 atom stereocenters. The van der Waals surface area contributed by atoms with Gasteiger partial charge in [-0.2, -0.15) is 4.98 Å². The topological polar surface area (TPSA) is 77.7 Å². The molecule has 7 nitrogen and oxygen atoms in total.